The van der Waals surface area contributed by atoms with Gasteiger partial charge in [-0.2, -0.15) is 0 Å². The Hall–Kier alpha value is -3.47. The Morgan fingerprint density at radius 2 is 1.80 bits per heavy atom. The number of rotatable bonds is 6. The van der Waals surface area contributed by atoms with Crippen LogP contribution < -0.4 is 10.3 Å². The highest BCUT2D eigenvalue weighted by molar-refractivity contribution is 6.35. The van der Waals surface area contributed by atoms with E-state index in [-0.39, 0.29) is 40.1 Å². The van der Waals surface area contributed by atoms with E-state index in [1.807, 2.05) is 0 Å². The third-order valence-electron chi connectivity index (χ3n) is 6.93. The molecule has 0 saturated heterocycles. The fourth-order valence-electron chi connectivity index (χ4n) is 4.81. The van der Waals surface area contributed by atoms with Crippen molar-refractivity contribution >= 4 is 23.2 Å². The molecule has 4 aromatic heterocycles. The van der Waals surface area contributed by atoms with E-state index < -0.39 is 17.2 Å². The van der Waals surface area contributed by atoms with Crippen LogP contribution in [0.3, 0.4) is 0 Å². The van der Waals surface area contributed by atoms with E-state index in [2.05, 4.69) is 15.0 Å². The zero-order valence-corrected chi connectivity index (χ0v) is 23.2. The Morgan fingerprint density at radius 3 is 2.52 bits per heavy atom. The number of ether oxygens (including phenoxy) is 1. The summed E-state index contributed by atoms with van der Waals surface area (Å²) in [6, 6.07) is 3.93. The number of aromatic nitrogens is 5. The molecule has 1 aliphatic rings. The Balaban J connectivity index is 1.50. The molecule has 0 radical (unpaired) electrons. The molecule has 1 aliphatic carbocycles. The number of pyridine rings is 3. The van der Waals surface area contributed by atoms with Gasteiger partial charge in [0.1, 0.15) is 40.4 Å². The second-order valence-corrected chi connectivity index (χ2v) is 10.5. The zero-order chi connectivity index (χ0) is 28.6. The molecule has 0 amide bonds. The molecule has 5 rings (SSSR count). The van der Waals surface area contributed by atoms with Crippen LogP contribution in [0.2, 0.25) is 10.0 Å². The predicted octanol–water partition coefficient (Wildman–Crippen LogP) is 5.88. The summed E-state index contributed by atoms with van der Waals surface area (Å²) in [7, 11) is 0. The number of aliphatic hydroxyl groups is 1. The normalized spacial score (nSPS) is 17.2. The summed E-state index contributed by atoms with van der Waals surface area (Å²) in [6.07, 6.45) is 6.81. The van der Waals surface area contributed by atoms with Gasteiger partial charge in [0, 0.05) is 36.1 Å². The van der Waals surface area contributed by atoms with Crippen molar-refractivity contribution in [1.29, 1.82) is 0 Å². The second-order valence-electron chi connectivity index (χ2n) is 9.73. The Kier molecular flexibility index (Phi) is 8.11. The van der Waals surface area contributed by atoms with Crippen LogP contribution in [-0.4, -0.2) is 35.7 Å². The van der Waals surface area contributed by atoms with E-state index in [9.17, 15) is 18.7 Å². The van der Waals surface area contributed by atoms with E-state index >= 15 is 0 Å². The van der Waals surface area contributed by atoms with Gasteiger partial charge in [0.25, 0.3) is 5.56 Å². The minimum Gasteiger partial charge on any atom is -0.485 e. The van der Waals surface area contributed by atoms with Crippen molar-refractivity contribution < 1.29 is 18.6 Å². The second kappa shape index (κ2) is 11.6. The summed E-state index contributed by atoms with van der Waals surface area (Å²) < 4.78 is 34.1. The summed E-state index contributed by atoms with van der Waals surface area (Å²) in [5.74, 6) is -0.876. The van der Waals surface area contributed by atoms with Crippen molar-refractivity contribution in [2.24, 2.45) is 0 Å². The molecule has 1 N–H and O–H groups in total. The first-order chi connectivity index (χ1) is 19.1. The average molecular weight is 588 g/mol. The summed E-state index contributed by atoms with van der Waals surface area (Å²) in [4.78, 5) is 30.8. The molecule has 4 heterocycles. The molecule has 0 bridgehead atoms. The monoisotopic (exact) mass is 587 g/mol. The number of nitrogens with zero attached hydrogens (tertiary/aromatic N) is 5. The van der Waals surface area contributed by atoms with Crippen LogP contribution in [-0.2, 0) is 6.61 Å². The molecule has 8 nitrogen and oxygen atoms in total. The lowest BCUT2D eigenvalue weighted by atomic mass is 9.87. The average Bonchev–Trinajstić information content (AvgIpc) is 2.93. The molecule has 1 fully saturated rings. The van der Waals surface area contributed by atoms with Gasteiger partial charge in [-0.3, -0.25) is 19.3 Å². The number of halogens is 4. The molecule has 1 saturated carbocycles. The molecule has 208 valence electrons. The van der Waals surface area contributed by atoms with Gasteiger partial charge in [-0.1, -0.05) is 23.2 Å². The molecule has 0 atom stereocenters. The van der Waals surface area contributed by atoms with E-state index in [4.69, 9.17) is 32.9 Å². The van der Waals surface area contributed by atoms with Gasteiger partial charge in [-0.15, -0.1) is 0 Å². The lowest BCUT2D eigenvalue weighted by Gasteiger charge is -2.24. The van der Waals surface area contributed by atoms with Gasteiger partial charge in [-0.05, 0) is 51.2 Å². The van der Waals surface area contributed by atoms with Crippen LogP contribution in [0, 0.1) is 25.5 Å². The fraction of sp³-hybridized carbons (Fsp3) is 0.321. The van der Waals surface area contributed by atoms with Crippen LogP contribution in [0.15, 0.2) is 41.6 Å². The van der Waals surface area contributed by atoms with E-state index in [1.165, 1.54) is 10.6 Å². The summed E-state index contributed by atoms with van der Waals surface area (Å²) in [6.45, 7) is 3.09. The molecule has 0 aromatic carbocycles. The first-order valence-electron chi connectivity index (χ1n) is 12.7. The summed E-state index contributed by atoms with van der Waals surface area (Å²) >= 11 is 13.3. The molecule has 40 heavy (non-hydrogen) atoms. The van der Waals surface area contributed by atoms with Crippen molar-refractivity contribution in [2.75, 3.05) is 0 Å². The van der Waals surface area contributed by atoms with Crippen LogP contribution >= 0.6 is 23.2 Å². The highest BCUT2D eigenvalue weighted by atomic mass is 35.5. The van der Waals surface area contributed by atoms with E-state index in [0.717, 1.165) is 19.0 Å². The Morgan fingerprint density at radius 1 is 1.05 bits per heavy atom. The van der Waals surface area contributed by atoms with Gasteiger partial charge in [0.2, 0.25) is 0 Å². The molecule has 0 spiro atoms. The fourth-order valence-corrected chi connectivity index (χ4v) is 5.39. The minimum atomic E-state index is -0.873. The highest BCUT2D eigenvalue weighted by Gasteiger charge is 2.25. The molecular weight excluding hydrogens is 563 g/mol. The van der Waals surface area contributed by atoms with Crippen LogP contribution in [0.5, 0.6) is 5.75 Å². The third-order valence-corrected chi connectivity index (χ3v) is 7.63. The van der Waals surface area contributed by atoms with Crippen molar-refractivity contribution in [3.63, 3.8) is 0 Å². The van der Waals surface area contributed by atoms with Crippen LogP contribution in [0.25, 0.3) is 17.1 Å². The lowest BCUT2D eigenvalue weighted by Crippen LogP contribution is -2.23. The molecular formula is C28H25Cl2F2N5O3. The maximum atomic E-state index is 14.0. The van der Waals surface area contributed by atoms with Gasteiger partial charge in [0.15, 0.2) is 5.82 Å². The molecule has 4 aromatic rings. The smallest absolute Gasteiger partial charge is 0.277 e. The molecule has 0 aliphatic heterocycles. The summed E-state index contributed by atoms with van der Waals surface area (Å²) in [5, 5.41) is 9.81. The van der Waals surface area contributed by atoms with Crippen molar-refractivity contribution in [3.8, 4) is 22.8 Å². The third kappa shape index (κ3) is 5.56. The number of aliphatic hydroxyl groups excluding tert-OH is 1. The number of hydrogen-bond acceptors (Lipinski definition) is 7. The van der Waals surface area contributed by atoms with Crippen molar-refractivity contribution in [3.05, 3.63) is 91.6 Å². The first kappa shape index (κ1) is 28.1. The van der Waals surface area contributed by atoms with E-state index in [1.54, 1.807) is 32.3 Å². The first-order valence-corrected chi connectivity index (χ1v) is 13.4. The number of hydrogen-bond donors (Lipinski definition) is 1. The maximum Gasteiger partial charge on any atom is 0.277 e. The molecule has 12 heteroatoms. The van der Waals surface area contributed by atoms with Gasteiger partial charge >= 0.3 is 0 Å². The Labute approximate surface area is 238 Å². The number of aryl methyl sites for hydroxylation is 2. The maximum absolute atomic E-state index is 14.0. The summed E-state index contributed by atoms with van der Waals surface area (Å²) in [5.41, 5.74) is 1.60. The SMILES string of the molecule is Cc1cnc(-c2ccnc(C3CCC(O)CC3)n2)c(Cl)c1-n1c(C)cc(OCc2ncc(F)cc2F)c(Cl)c1=O. The quantitative estimate of drug-likeness (QED) is 0.300. The highest BCUT2D eigenvalue weighted by Crippen LogP contribution is 2.36. The van der Waals surface area contributed by atoms with E-state index in [0.29, 0.717) is 53.1 Å². The lowest BCUT2D eigenvalue weighted by molar-refractivity contribution is 0.121. The molecule has 0 unspecified atom stereocenters. The van der Waals surface area contributed by atoms with Crippen molar-refractivity contribution in [1.82, 2.24) is 24.5 Å². The van der Waals surface area contributed by atoms with Gasteiger partial charge in [0.05, 0.1) is 28.7 Å². The Bertz CT molecular complexity index is 1640. The van der Waals surface area contributed by atoms with Gasteiger partial charge in [-0.25, -0.2) is 18.7 Å². The van der Waals surface area contributed by atoms with Crippen molar-refractivity contribution in [2.45, 2.75) is 58.2 Å². The van der Waals surface area contributed by atoms with Crippen LogP contribution in [0.4, 0.5) is 8.78 Å². The zero-order valence-electron chi connectivity index (χ0n) is 21.7. The standard InChI is InChI=1S/C28H25Cl2F2N5O3/c1-14-11-35-25(20-7-8-33-27(36-20)16-3-5-18(38)6-4-16)24(30)26(14)37-15(2)9-22(23(29)28(37)39)40-13-21-19(32)10-17(31)12-34-21/h7-12,16,18,38H,3-6,13H2,1-2H3. The minimum absolute atomic E-state index is 0.0204. The largest absolute Gasteiger partial charge is 0.485 e. The van der Waals surface area contributed by atoms with Gasteiger partial charge < -0.3 is 9.84 Å². The van der Waals surface area contributed by atoms with Crippen LogP contribution in [0.1, 0.15) is 54.4 Å². The topological polar surface area (TPSA) is 103 Å². The predicted molar refractivity (Wildman–Crippen MR) is 146 cm³/mol.